The number of carbonyl (C=O) groups excluding carboxylic acids is 1. The lowest BCUT2D eigenvalue weighted by atomic mass is 9.89. The first-order valence-corrected chi connectivity index (χ1v) is 10.9. The topological polar surface area (TPSA) is 132 Å². The number of carboxylic acids is 2. The lowest BCUT2D eigenvalue weighted by Gasteiger charge is -2.20. The summed E-state index contributed by atoms with van der Waals surface area (Å²) in [6.45, 7) is 9.89. The fourth-order valence-corrected chi connectivity index (χ4v) is 3.45. The minimum atomic E-state index is -1.40. The van der Waals surface area contributed by atoms with Gasteiger partial charge in [-0.15, -0.1) is 0 Å². The zero-order valence-electron chi connectivity index (χ0n) is 20.0. The SMILES string of the molecule is CCC(CO)C(CC)CO.Cc1cc(C)c(C(=O)C(=O)O)c(C)c1.O=C(O)c1ccccc1. The first-order chi connectivity index (χ1) is 15.5. The number of carboxylic acid groups (broad SMARTS) is 2. The predicted molar refractivity (Wildman–Crippen MR) is 128 cm³/mol. The minimum absolute atomic E-state index is 0.204. The first-order valence-electron chi connectivity index (χ1n) is 10.9. The van der Waals surface area contributed by atoms with E-state index in [1.165, 1.54) is 0 Å². The van der Waals surface area contributed by atoms with Crippen molar-refractivity contribution in [1.29, 1.82) is 0 Å². The summed E-state index contributed by atoms with van der Waals surface area (Å²) in [6, 6.07) is 11.9. The molecule has 0 fully saturated rings. The maximum atomic E-state index is 11.3. The van der Waals surface area contributed by atoms with Crippen molar-refractivity contribution in [2.45, 2.75) is 47.5 Å². The highest BCUT2D eigenvalue weighted by atomic mass is 16.4. The summed E-state index contributed by atoms with van der Waals surface area (Å²) in [4.78, 5) is 32.0. The van der Waals surface area contributed by atoms with Crippen LogP contribution in [0.1, 0.15) is 64.1 Å². The van der Waals surface area contributed by atoms with Gasteiger partial charge in [-0.25, -0.2) is 9.59 Å². The Hall–Kier alpha value is -3.03. The maximum absolute atomic E-state index is 11.3. The average molecular weight is 461 g/mol. The van der Waals surface area contributed by atoms with E-state index in [0.29, 0.717) is 11.1 Å². The number of aliphatic carboxylic acids is 1. The van der Waals surface area contributed by atoms with Gasteiger partial charge in [-0.2, -0.15) is 0 Å². The van der Waals surface area contributed by atoms with E-state index in [1.54, 1.807) is 44.2 Å². The molecule has 182 valence electrons. The van der Waals surface area contributed by atoms with Crippen molar-refractivity contribution in [1.82, 2.24) is 0 Å². The number of aromatic carboxylic acids is 1. The second kappa shape index (κ2) is 15.7. The number of rotatable bonds is 8. The van der Waals surface area contributed by atoms with Gasteiger partial charge in [-0.1, -0.05) is 62.6 Å². The molecule has 0 saturated heterocycles. The third-order valence-electron chi connectivity index (χ3n) is 5.30. The van der Waals surface area contributed by atoms with Gasteiger partial charge in [-0.05, 0) is 55.9 Å². The highest BCUT2D eigenvalue weighted by Gasteiger charge is 2.19. The van der Waals surface area contributed by atoms with Crippen molar-refractivity contribution in [3.63, 3.8) is 0 Å². The maximum Gasteiger partial charge on any atom is 0.377 e. The van der Waals surface area contributed by atoms with Crippen LogP contribution in [0.5, 0.6) is 0 Å². The van der Waals surface area contributed by atoms with Crippen LogP contribution in [0.3, 0.4) is 0 Å². The minimum Gasteiger partial charge on any atom is -0.478 e. The summed E-state index contributed by atoms with van der Waals surface area (Å²) in [5.74, 6) is -2.54. The van der Waals surface area contributed by atoms with Gasteiger partial charge in [0.2, 0.25) is 0 Å². The third kappa shape index (κ3) is 10.4. The Morgan fingerprint density at radius 3 is 1.48 bits per heavy atom. The Balaban J connectivity index is 0.000000481. The number of aryl methyl sites for hydroxylation is 3. The van der Waals surface area contributed by atoms with E-state index in [0.717, 1.165) is 29.5 Å². The van der Waals surface area contributed by atoms with E-state index in [2.05, 4.69) is 0 Å². The molecule has 2 aromatic rings. The Labute approximate surface area is 195 Å². The van der Waals surface area contributed by atoms with E-state index in [4.69, 9.17) is 20.4 Å². The van der Waals surface area contributed by atoms with E-state index < -0.39 is 17.7 Å². The van der Waals surface area contributed by atoms with E-state index >= 15 is 0 Å². The van der Waals surface area contributed by atoms with Gasteiger partial charge in [0.05, 0.1) is 5.56 Å². The van der Waals surface area contributed by atoms with Gasteiger partial charge in [-0.3, -0.25) is 4.79 Å². The van der Waals surface area contributed by atoms with E-state index in [9.17, 15) is 14.4 Å². The number of carbonyl (C=O) groups is 3. The van der Waals surface area contributed by atoms with Crippen LogP contribution in [0, 0.1) is 32.6 Å². The van der Waals surface area contributed by atoms with Crippen LogP contribution in [0.4, 0.5) is 0 Å². The Morgan fingerprint density at radius 2 is 1.21 bits per heavy atom. The van der Waals surface area contributed by atoms with Gasteiger partial charge >= 0.3 is 11.9 Å². The van der Waals surface area contributed by atoms with Crippen LogP contribution < -0.4 is 0 Å². The molecule has 7 heteroatoms. The number of aliphatic hydroxyl groups is 2. The molecule has 0 aromatic heterocycles. The quantitative estimate of drug-likeness (QED) is 0.341. The number of benzene rings is 2. The molecule has 0 aliphatic carbocycles. The lowest BCUT2D eigenvalue weighted by molar-refractivity contribution is -0.131. The zero-order chi connectivity index (χ0) is 25.6. The van der Waals surface area contributed by atoms with Crippen LogP contribution in [0.2, 0.25) is 0 Å². The van der Waals surface area contributed by atoms with E-state index in [-0.39, 0.29) is 25.0 Å². The molecular formula is C26H36O7. The Morgan fingerprint density at radius 1 is 0.788 bits per heavy atom. The largest absolute Gasteiger partial charge is 0.478 e. The molecule has 2 atom stereocenters. The molecule has 0 radical (unpaired) electrons. The number of Topliss-reactive ketones (excluding diaryl/α,β-unsaturated/α-hetero) is 1. The zero-order valence-corrected chi connectivity index (χ0v) is 20.0. The van der Waals surface area contributed by atoms with Crippen LogP contribution in [0.25, 0.3) is 0 Å². The van der Waals surface area contributed by atoms with Gasteiger partial charge < -0.3 is 20.4 Å². The van der Waals surface area contributed by atoms with Crippen molar-refractivity contribution < 1.29 is 34.8 Å². The summed E-state index contributed by atoms with van der Waals surface area (Å²) in [7, 11) is 0. The molecule has 0 bridgehead atoms. The van der Waals surface area contributed by atoms with Crippen molar-refractivity contribution >= 4 is 17.7 Å². The predicted octanol–water partition coefficient (Wildman–Crippen LogP) is 4.29. The second-order valence-electron chi connectivity index (χ2n) is 7.78. The van der Waals surface area contributed by atoms with Crippen molar-refractivity contribution in [3.05, 3.63) is 70.3 Å². The summed E-state index contributed by atoms with van der Waals surface area (Å²) in [5, 5.41) is 34.7. The monoisotopic (exact) mass is 460 g/mol. The summed E-state index contributed by atoms with van der Waals surface area (Å²) >= 11 is 0. The molecule has 0 amide bonds. The first kappa shape index (κ1) is 30.0. The van der Waals surface area contributed by atoms with Crippen LogP contribution in [-0.4, -0.2) is 51.4 Å². The molecule has 2 rings (SSSR count). The molecule has 33 heavy (non-hydrogen) atoms. The number of hydrogen-bond acceptors (Lipinski definition) is 5. The average Bonchev–Trinajstić information content (AvgIpc) is 2.78. The van der Waals surface area contributed by atoms with Gasteiger partial charge in [0.15, 0.2) is 0 Å². The molecule has 0 aliphatic heterocycles. The molecular weight excluding hydrogens is 424 g/mol. The standard InChI is InChI=1S/C11H12O3.C8H18O2.C7H6O2/c1-6-4-7(2)9(8(3)5-6)10(12)11(13)14;1-3-7(5-9)8(4-2)6-10;8-7(9)6-4-2-1-3-5-6/h4-5H,1-3H3,(H,13,14);7-10H,3-6H2,1-2H3;1-5H,(H,8,9). The Bertz CT molecular complexity index is 850. The molecule has 7 nitrogen and oxygen atoms in total. The molecule has 0 spiro atoms. The summed E-state index contributed by atoms with van der Waals surface area (Å²) in [5.41, 5.74) is 3.10. The molecule has 0 saturated carbocycles. The Kier molecular flexibility index (Phi) is 14.3. The van der Waals surface area contributed by atoms with Gasteiger partial charge in [0.25, 0.3) is 5.78 Å². The number of hydrogen-bond donors (Lipinski definition) is 4. The second-order valence-corrected chi connectivity index (χ2v) is 7.78. The van der Waals surface area contributed by atoms with Crippen molar-refractivity contribution in [2.75, 3.05) is 13.2 Å². The summed E-state index contributed by atoms with van der Waals surface area (Å²) in [6.07, 6.45) is 1.91. The van der Waals surface area contributed by atoms with Crippen LogP contribution >= 0.6 is 0 Å². The number of ketones is 1. The highest BCUT2D eigenvalue weighted by Crippen LogP contribution is 2.18. The molecule has 2 unspecified atom stereocenters. The van der Waals surface area contributed by atoms with Crippen molar-refractivity contribution in [3.8, 4) is 0 Å². The molecule has 4 N–H and O–H groups in total. The lowest BCUT2D eigenvalue weighted by Crippen LogP contribution is -2.20. The third-order valence-corrected chi connectivity index (χ3v) is 5.30. The normalized spacial score (nSPS) is 11.7. The van der Waals surface area contributed by atoms with Gasteiger partial charge in [0, 0.05) is 18.8 Å². The van der Waals surface area contributed by atoms with Crippen LogP contribution in [-0.2, 0) is 4.79 Å². The van der Waals surface area contributed by atoms with Gasteiger partial charge in [0.1, 0.15) is 0 Å². The fourth-order valence-electron chi connectivity index (χ4n) is 3.45. The van der Waals surface area contributed by atoms with Crippen molar-refractivity contribution in [2.24, 2.45) is 11.8 Å². The van der Waals surface area contributed by atoms with E-state index in [1.807, 2.05) is 32.9 Å². The highest BCUT2D eigenvalue weighted by molar-refractivity contribution is 6.40. The smallest absolute Gasteiger partial charge is 0.377 e. The molecule has 2 aromatic carbocycles. The summed E-state index contributed by atoms with van der Waals surface area (Å²) < 4.78 is 0. The van der Waals surface area contributed by atoms with Crippen LogP contribution in [0.15, 0.2) is 42.5 Å². The fraction of sp³-hybridized carbons (Fsp3) is 0.423. The number of aliphatic hydroxyl groups excluding tert-OH is 2. The molecule has 0 heterocycles. The molecule has 0 aliphatic rings.